The molecule has 3 aromatic heterocycles. The molecule has 0 unspecified atom stereocenters. The maximum atomic E-state index is 14.4. The van der Waals surface area contributed by atoms with Gasteiger partial charge in [0.05, 0.1) is 23.1 Å². The van der Waals surface area contributed by atoms with E-state index in [1.54, 1.807) is 24.5 Å². The summed E-state index contributed by atoms with van der Waals surface area (Å²) < 4.78 is 6.76. The van der Waals surface area contributed by atoms with E-state index in [9.17, 15) is 9.59 Å². The lowest BCUT2D eigenvalue weighted by Crippen LogP contribution is -2.19. The van der Waals surface area contributed by atoms with Crippen molar-refractivity contribution in [3.05, 3.63) is 132 Å². The number of carbonyl (C=O) groups excluding carboxylic acids is 1. The first-order valence-electron chi connectivity index (χ1n) is 14.8. The summed E-state index contributed by atoms with van der Waals surface area (Å²) in [4.78, 5) is 38.7. The number of aryl methyl sites for hydroxylation is 1. The van der Waals surface area contributed by atoms with Crippen LogP contribution in [-0.2, 0) is 6.42 Å². The topological polar surface area (TPSA) is 73.6 Å². The predicted octanol–water partition coefficient (Wildman–Crippen LogP) is 9.37. The monoisotopic (exact) mass is 663 g/mol. The average Bonchev–Trinajstić information content (AvgIpc) is 3.40. The van der Waals surface area contributed by atoms with Gasteiger partial charge in [-0.05, 0) is 103 Å². The largest absolute Gasteiger partial charge is 0.497 e. The molecular formula is C37H27Cl2N3O3S. The number of methoxy groups -OCH3 is 1. The van der Waals surface area contributed by atoms with Crippen molar-refractivity contribution in [2.75, 3.05) is 7.11 Å². The number of fused-ring (bicyclic) bond motifs is 3. The molecule has 6 aromatic rings. The summed E-state index contributed by atoms with van der Waals surface area (Å²) in [6.45, 7) is 1.79. The Morgan fingerprint density at radius 1 is 0.913 bits per heavy atom. The van der Waals surface area contributed by atoms with Gasteiger partial charge < -0.3 is 4.74 Å². The second-order valence-electron chi connectivity index (χ2n) is 11.1. The fraction of sp³-hybridized carbons (Fsp3) is 0.135. The lowest BCUT2D eigenvalue weighted by atomic mass is 9.84. The number of pyridine rings is 1. The number of hydrogen-bond acceptors (Lipinski definition) is 6. The molecule has 0 aliphatic heterocycles. The molecule has 0 amide bonds. The van der Waals surface area contributed by atoms with Crippen molar-refractivity contribution >= 4 is 74.0 Å². The first kappa shape index (κ1) is 30.1. The molecule has 9 heteroatoms. The molecule has 3 aromatic carbocycles. The molecular weight excluding hydrogens is 637 g/mol. The van der Waals surface area contributed by atoms with Gasteiger partial charge in [0.1, 0.15) is 5.75 Å². The van der Waals surface area contributed by atoms with Crippen molar-refractivity contribution in [3.63, 3.8) is 0 Å². The minimum Gasteiger partial charge on any atom is -0.497 e. The van der Waals surface area contributed by atoms with Crippen LogP contribution in [0.15, 0.2) is 83.7 Å². The number of thiazole rings is 1. The van der Waals surface area contributed by atoms with Crippen molar-refractivity contribution < 1.29 is 9.53 Å². The third-order valence-corrected chi connectivity index (χ3v) is 9.89. The lowest BCUT2D eigenvalue weighted by Gasteiger charge is -2.23. The highest BCUT2D eigenvalue weighted by atomic mass is 35.5. The molecule has 0 saturated carbocycles. The Balaban J connectivity index is 1.42. The van der Waals surface area contributed by atoms with Gasteiger partial charge in [0, 0.05) is 21.3 Å². The van der Waals surface area contributed by atoms with Gasteiger partial charge in [-0.3, -0.25) is 14.0 Å². The maximum Gasteiger partial charge on any atom is 0.268 e. The standard InChI is InChI=1S/C37H27Cl2N3O3S/c1-21-34(30(43)19-10-22-8-17-28(45-2)18-9-22)46-37-41-35-32(36(44)42(21)37)31(24-11-15-27(39)16-12-24)29-5-3-4-25(33(29)40-35)20-23-6-13-26(38)14-7-23/h6-20H,3-5H2,1-2H3/b19-10+,25-20+. The summed E-state index contributed by atoms with van der Waals surface area (Å²) in [6, 6.07) is 22.6. The highest BCUT2D eigenvalue weighted by Crippen LogP contribution is 2.40. The molecule has 1 aliphatic rings. The molecule has 6 nitrogen and oxygen atoms in total. The summed E-state index contributed by atoms with van der Waals surface area (Å²) in [5, 5.41) is 1.71. The SMILES string of the molecule is COc1ccc(/C=C/C(=O)c2sc3nc4nc5c(c(-c6ccc(Cl)cc6)c4c(=O)n3c2C)CCC/C5=C\c2ccc(Cl)cc2)cc1. The summed E-state index contributed by atoms with van der Waals surface area (Å²) >= 11 is 13.6. The van der Waals surface area contributed by atoms with E-state index in [1.807, 2.05) is 72.8 Å². The summed E-state index contributed by atoms with van der Waals surface area (Å²) in [6.07, 6.45) is 7.92. The number of hydrogen-bond donors (Lipinski definition) is 0. The maximum absolute atomic E-state index is 14.4. The number of allylic oxidation sites excluding steroid dienone is 2. The van der Waals surface area contributed by atoms with Gasteiger partial charge >= 0.3 is 0 Å². The molecule has 0 radical (unpaired) electrons. The predicted molar refractivity (Wildman–Crippen MR) is 188 cm³/mol. The second kappa shape index (κ2) is 12.3. The molecule has 3 heterocycles. The zero-order valence-corrected chi connectivity index (χ0v) is 27.3. The van der Waals surface area contributed by atoms with Crippen LogP contribution in [0.3, 0.4) is 0 Å². The number of halogens is 2. The van der Waals surface area contributed by atoms with Gasteiger partial charge in [-0.2, -0.15) is 4.98 Å². The molecule has 0 bridgehead atoms. The van der Waals surface area contributed by atoms with Gasteiger partial charge in [0.25, 0.3) is 5.56 Å². The Hall–Kier alpha value is -4.56. The smallest absolute Gasteiger partial charge is 0.268 e. The number of ether oxygens (including phenoxy) is 1. The van der Waals surface area contributed by atoms with Crippen LogP contribution < -0.4 is 10.3 Å². The Bertz CT molecular complexity index is 2270. The number of aromatic nitrogens is 3. The van der Waals surface area contributed by atoms with Crippen molar-refractivity contribution in [3.8, 4) is 16.9 Å². The highest BCUT2D eigenvalue weighted by Gasteiger charge is 2.27. The van der Waals surface area contributed by atoms with Crippen LogP contribution in [0.1, 0.15) is 50.6 Å². The third kappa shape index (κ3) is 5.55. The van der Waals surface area contributed by atoms with Crippen molar-refractivity contribution in [2.24, 2.45) is 0 Å². The van der Waals surface area contributed by atoms with E-state index >= 15 is 0 Å². The van der Waals surface area contributed by atoms with Gasteiger partial charge in [-0.25, -0.2) is 4.98 Å². The Morgan fingerprint density at radius 3 is 2.28 bits per heavy atom. The molecule has 0 spiro atoms. The van der Waals surface area contributed by atoms with E-state index in [2.05, 4.69) is 6.08 Å². The number of nitrogens with zero attached hydrogens (tertiary/aromatic N) is 3. The number of carbonyl (C=O) groups is 1. The Labute approximate surface area is 279 Å². The summed E-state index contributed by atoms with van der Waals surface area (Å²) in [5.74, 6) is 0.535. The molecule has 1 aliphatic carbocycles. The van der Waals surface area contributed by atoms with E-state index in [-0.39, 0.29) is 11.3 Å². The van der Waals surface area contributed by atoms with E-state index < -0.39 is 0 Å². The summed E-state index contributed by atoms with van der Waals surface area (Å²) in [7, 11) is 1.61. The highest BCUT2D eigenvalue weighted by molar-refractivity contribution is 7.19. The Morgan fingerprint density at radius 2 is 1.59 bits per heavy atom. The molecule has 46 heavy (non-hydrogen) atoms. The second-order valence-corrected chi connectivity index (χ2v) is 13.0. The number of rotatable bonds is 6. The summed E-state index contributed by atoms with van der Waals surface area (Å²) in [5.41, 5.74) is 7.12. The van der Waals surface area contributed by atoms with Crippen molar-refractivity contribution in [2.45, 2.75) is 26.2 Å². The van der Waals surface area contributed by atoms with E-state index in [0.29, 0.717) is 36.6 Å². The molecule has 0 fully saturated rings. The number of benzene rings is 3. The fourth-order valence-electron chi connectivity index (χ4n) is 5.97. The quantitative estimate of drug-likeness (QED) is 0.131. The van der Waals surface area contributed by atoms with Crippen LogP contribution in [-0.4, -0.2) is 27.3 Å². The zero-order valence-electron chi connectivity index (χ0n) is 25.0. The Kier molecular flexibility index (Phi) is 8.07. The molecule has 0 saturated heterocycles. The van der Waals surface area contributed by atoms with Crippen LogP contribution >= 0.6 is 34.5 Å². The first-order valence-corrected chi connectivity index (χ1v) is 16.4. The molecule has 0 atom stereocenters. The van der Waals surface area contributed by atoms with Gasteiger partial charge in [0.15, 0.2) is 16.4 Å². The van der Waals surface area contributed by atoms with Crippen molar-refractivity contribution in [1.29, 1.82) is 0 Å². The molecule has 228 valence electrons. The average molecular weight is 665 g/mol. The van der Waals surface area contributed by atoms with Crippen molar-refractivity contribution in [1.82, 2.24) is 14.4 Å². The van der Waals surface area contributed by atoms with Crippen LogP contribution in [0.2, 0.25) is 10.0 Å². The molecule has 7 rings (SSSR count). The van der Waals surface area contributed by atoms with Crippen LogP contribution in [0.4, 0.5) is 0 Å². The van der Waals surface area contributed by atoms with E-state index in [1.165, 1.54) is 17.4 Å². The van der Waals surface area contributed by atoms with Gasteiger partial charge in [-0.1, -0.05) is 77.0 Å². The molecule has 0 N–H and O–H groups in total. The van der Waals surface area contributed by atoms with E-state index in [0.717, 1.165) is 64.1 Å². The fourth-order valence-corrected chi connectivity index (χ4v) is 7.26. The van der Waals surface area contributed by atoms with Crippen LogP contribution in [0, 0.1) is 6.92 Å². The van der Waals surface area contributed by atoms with E-state index in [4.69, 9.17) is 37.9 Å². The lowest BCUT2D eigenvalue weighted by molar-refractivity contribution is 0.105. The van der Waals surface area contributed by atoms with Crippen LogP contribution in [0.5, 0.6) is 5.75 Å². The first-order chi connectivity index (χ1) is 22.3. The zero-order chi connectivity index (χ0) is 31.9. The van der Waals surface area contributed by atoms with Gasteiger partial charge in [0.2, 0.25) is 0 Å². The minimum absolute atomic E-state index is 0.203. The van der Waals surface area contributed by atoms with Gasteiger partial charge in [-0.15, -0.1) is 0 Å². The van der Waals surface area contributed by atoms with Crippen LogP contribution in [0.25, 0.3) is 44.8 Å². The number of ketones is 1. The normalized spacial score (nSPS) is 14.0. The third-order valence-electron chi connectivity index (χ3n) is 8.23. The minimum atomic E-state index is -0.249.